The Bertz CT molecular complexity index is 973. The van der Waals surface area contributed by atoms with Crippen molar-refractivity contribution in [3.63, 3.8) is 0 Å². The van der Waals surface area contributed by atoms with Crippen molar-refractivity contribution in [2.45, 2.75) is 26.2 Å². The number of urea groups is 1. The van der Waals surface area contributed by atoms with Crippen LogP contribution in [0.1, 0.15) is 35.9 Å². The van der Waals surface area contributed by atoms with Gasteiger partial charge in [0.15, 0.2) is 5.65 Å². The maximum atomic E-state index is 11.9. The van der Waals surface area contributed by atoms with Gasteiger partial charge in [-0.3, -0.25) is 10.3 Å². The lowest BCUT2D eigenvalue weighted by Gasteiger charge is -2.07. The van der Waals surface area contributed by atoms with Gasteiger partial charge < -0.3 is 10.4 Å². The van der Waals surface area contributed by atoms with E-state index in [2.05, 4.69) is 32.5 Å². The molecular formula is C18H19N5O3S. The van der Waals surface area contributed by atoms with Crippen LogP contribution in [0.4, 0.5) is 10.6 Å². The highest BCUT2D eigenvalue weighted by atomic mass is 32.1. The Balaban J connectivity index is 1.75. The molecule has 0 aliphatic carbocycles. The number of aromatic nitrogens is 3. The number of amides is 2. The summed E-state index contributed by atoms with van der Waals surface area (Å²) < 4.78 is 0. The van der Waals surface area contributed by atoms with Gasteiger partial charge in [0.05, 0.1) is 11.9 Å². The number of carbonyl (C=O) groups is 2. The second-order valence-electron chi connectivity index (χ2n) is 5.89. The third-order valence-electron chi connectivity index (χ3n) is 3.82. The number of aromatic carboxylic acids is 1. The van der Waals surface area contributed by atoms with E-state index in [4.69, 9.17) is 5.11 Å². The fourth-order valence-electron chi connectivity index (χ4n) is 2.43. The van der Waals surface area contributed by atoms with Gasteiger partial charge >= 0.3 is 12.0 Å². The van der Waals surface area contributed by atoms with E-state index < -0.39 is 5.97 Å². The third-order valence-corrected chi connectivity index (χ3v) is 4.74. The van der Waals surface area contributed by atoms with E-state index >= 15 is 0 Å². The number of pyridine rings is 1. The van der Waals surface area contributed by atoms with Crippen molar-refractivity contribution in [1.82, 2.24) is 20.3 Å². The monoisotopic (exact) mass is 385 g/mol. The number of carbonyl (C=O) groups excluding carboxylic acids is 1. The number of rotatable bonds is 7. The minimum Gasteiger partial charge on any atom is -0.477 e. The summed E-state index contributed by atoms with van der Waals surface area (Å²) in [5.74, 6) is -0.604. The van der Waals surface area contributed by atoms with Crippen LogP contribution in [0.25, 0.3) is 22.4 Å². The molecule has 0 bridgehead atoms. The van der Waals surface area contributed by atoms with Gasteiger partial charge in [0.25, 0.3) is 0 Å². The van der Waals surface area contributed by atoms with Crippen LogP contribution < -0.4 is 10.6 Å². The first-order valence-corrected chi connectivity index (χ1v) is 9.45. The van der Waals surface area contributed by atoms with Crippen LogP contribution in [0.5, 0.6) is 0 Å². The number of nitrogens with zero attached hydrogens (tertiary/aromatic N) is 3. The molecule has 0 fully saturated rings. The van der Waals surface area contributed by atoms with E-state index in [1.165, 1.54) is 0 Å². The molecule has 3 aromatic rings. The number of fused-ring (bicyclic) bond motifs is 1. The number of nitrogens with one attached hydrogen (secondary N) is 2. The molecule has 0 aromatic carbocycles. The van der Waals surface area contributed by atoms with Crippen LogP contribution in [0, 0.1) is 0 Å². The number of hydrogen-bond donors (Lipinski definition) is 3. The Hall–Kier alpha value is -3.07. The number of anilines is 1. The molecule has 0 saturated heterocycles. The molecule has 27 heavy (non-hydrogen) atoms. The zero-order chi connectivity index (χ0) is 19.2. The lowest BCUT2D eigenvalue weighted by atomic mass is 10.2. The zero-order valence-corrected chi connectivity index (χ0v) is 15.5. The molecule has 8 nitrogen and oxygen atoms in total. The molecule has 9 heteroatoms. The number of hydrogen-bond acceptors (Lipinski definition) is 6. The Morgan fingerprint density at radius 3 is 2.81 bits per heavy atom. The second-order valence-corrected chi connectivity index (χ2v) is 6.80. The molecule has 0 aliphatic heterocycles. The van der Waals surface area contributed by atoms with E-state index in [9.17, 15) is 9.59 Å². The third kappa shape index (κ3) is 4.76. The molecule has 0 unspecified atom stereocenters. The Morgan fingerprint density at radius 2 is 2.07 bits per heavy atom. The average molecular weight is 385 g/mol. The number of carboxylic acid groups (broad SMARTS) is 1. The van der Waals surface area contributed by atoms with Crippen LogP contribution in [0.2, 0.25) is 0 Å². The maximum Gasteiger partial charge on any atom is 0.345 e. The van der Waals surface area contributed by atoms with Crippen LogP contribution in [0.15, 0.2) is 29.8 Å². The van der Waals surface area contributed by atoms with Crippen molar-refractivity contribution in [1.29, 1.82) is 0 Å². The molecular weight excluding hydrogens is 366 g/mol. The molecule has 0 saturated carbocycles. The summed E-state index contributed by atoms with van der Waals surface area (Å²) in [6.45, 7) is 2.72. The summed E-state index contributed by atoms with van der Waals surface area (Å²) in [4.78, 5) is 36.3. The maximum absolute atomic E-state index is 11.9. The summed E-state index contributed by atoms with van der Waals surface area (Å²) in [6, 6.07) is 4.62. The van der Waals surface area contributed by atoms with Crippen LogP contribution in [-0.2, 0) is 0 Å². The van der Waals surface area contributed by atoms with Crippen LogP contribution >= 0.6 is 11.3 Å². The molecule has 0 spiro atoms. The lowest BCUT2D eigenvalue weighted by Crippen LogP contribution is -2.29. The van der Waals surface area contributed by atoms with Crippen molar-refractivity contribution in [3.05, 3.63) is 34.7 Å². The number of thiophene rings is 1. The van der Waals surface area contributed by atoms with E-state index in [1.54, 1.807) is 29.8 Å². The van der Waals surface area contributed by atoms with Crippen molar-refractivity contribution in [2.24, 2.45) is 0 Å². The second kappa shape index (κ2) is 8.54. The minimum absolute atomic E-state index is 0.231. The Kier molecular flexibility index (Phi) is 5.92. The van der Waals surface area contributed by atoms with E-state index in [1.807, 2.05) is 0 Å². The molecule has 0 atom stereocenters. The molecule has 140 valence electrons. The van der Waals surface area contributed by atoms with Gasteiger partial charge in [0.2, 0.25) is 0 Å². The van der Waals surface area contributed by atoms with Gasteiger partial charge in [-0.25, -0.2) is 19.6 Å². The topological polar surface area (TPSA) is 117 Å². The highest BCUT2D eigenvalue weighted by Gasteiger charge is 2.11. The minimum atomic E-state index is -0.977. The van der Waals surface area contributed by atoms with E-state index in [0.29, 0.717) is 34.8 Å². The molecule has 3 N–H and O–H groups in total. The first-order valence-electron chi connectivity index (χ1n) is 8.57. The summed E-state index contributed by atoms with van der Waals surface area (Å²) in [5.41, 5.74) is 2.15. The SMILES string of the molecule is CCCCCNC(=O)Nc1ccc2ncc(-c3csc(C(=O)O)c3)nc2n1. The van der Waals surface area contributed by atoms with Gasteiger partial charge in [-0.2, -0.15) is 0 Å². The quantitative estimate of drug-likeness (QED) is 0.533. The largest absolute Gasteiger partial charge is 0.477 e. The summed E-state index contributed by atoms with van der Waals surface area (Å²) >= 11 is 1.13. The molecule has 3 heterocycles. The lowest BCUT2D eigenvalue weighted by molar-refractivity contribution is 0.0702. The van der Waals surface area contributed by atoms with Gasteiger partial charge in [-0.05, 0) is 24.6 Å². The fraction of sp³-hybridized carbons (Fsp3) is 0.278. The fourth-order valence-corrected chi connectivity index (χ4v) is 3.17. The summed E-state index contributed by atoms with van der Waals surface area (Å²) in [7, 11) is 0. The van der Waals surface area contributed by atoms with Gasteiger partial charge in [-0.15, -0.1) is 11.3 Å². The number of carboxylic acids is 1. The summed E-state index contributed by atoms with van der Waals surface area (Å²) in [6.07, 6.45) is 4.67. The van der Waals surface area contributed by atoms with E-state index in [-0.39, 0.29) is 10.9 Å². The van der Waals surface area contributed by atoms with E-state index in [0.717, 1.165) is 30.6 Å². The predicted molar refractivity (Wildman–Crippen MR) is 104 cm³/mol. The van der Waals surface area contributed by atoms with Crippen molar-refractivity contribution >= 4 is 40.3 Å². The van der Waals surface area contributed by atoms with Gasteiger partial charge in [-0.1, -0.05) is 19.8 Å². The summed E-state index contributed by atoms with van der Waals surface area (Å²) in [5, 5.41) is 16.2. The molecule has 3 rings (SSSR count). The normalized spacial score (nSPS) is 10.7. The van der Waals surface area contributed by atoms with Gasteiger partial charge in [0, 0.05) is 17.5 Å². The van der Waals surface area contributed by atoms with Crippen LogP contribution in [-0.4, -0.2) is 38.6 Å². The Morgan fingerprint density at radius 1 is 1.22 bits per heavy atom. The van der Waals surface area contributed by atoms with Crippen molar-refractivity contribution in [2.75, 3.05) is 11.9 Å². The number of unbranched alkanes of at least 4 members (excludes halogenated alkanes) is 2. The molecule has 0 aliphatic rings. The molecule has 2 amide bonds. The Labute approximate surface area is 159 Å². The zero-order valence-electron chi connectivity index (χ0n) is 14.7. The van der Waals surface area contributed by atoms with Crippen molar-refractivity contribution in [3.8, 4) is 11.3 Å². The molecule has 3 aromatic heterocycles. The highest BCUT2D eigenvalue weighted by Crippen LogP contribution is 2.25. The smallest absolute Gasteiger partial charge is 0.345 e. The van der Waals surface area contributed by atoms with Crippen LogP contribution in [0.3, 0.4) is 0 Å². The highest BCUT2D eigenvalue weighted by molar-refractivity contribution is 7.12. The molecule has 0 radical (unpaired) electrons. The average Bonchev–Trinajstić information content (AvgIpc) is 3.15. The standard InChI is InChI=1S/C18H19N5O3S/c1-2-3-4-7-19-18(26)23-15-6-5-12-16(22-15)21-13(9-20-12)11-8-14(17(24)25)27-10-11/h5-6,8-10H,2-4,7H2,1H3,(H,24,25)(H2,19,21,22,23,26). The predicted octanol–water partition coefficient (Wildman–Crippen LogP) is 3.76. The van der Waals surface area contributed by atoms with Gasteiger partial charge in [0.1, 0.15) is 16.2 Å². The first-order chi connectivity index (χ1) is 13.1. The van der Waals surface area contributed by atoms with Crippen molar-refractivity contribution < 1.29 is 14.7 Å². The first kappa shape index (κ1) is 18.7.